The molecule has 0 saturated heterocycles. The van der Waals surface area contributed by atoms with E-state index in [1.165, 1.54) is 4.88 Å². The Bertz CT molecular complexity index is 1750. The summed E-state index contributed by atoms with van der Waals surface area (Å²) in [6, 6.07) is 15.0. The smallest absolute Gasteiger partial charge is 0.275 e. The van der Waals surface area contributed by atoms with Crippen molar-refractivity contribution in [2.75, 3.05) is 5.75 Å². The number of hydrogen-bond acceptors (Lipinski definition) is 7. The van der Waals surface area contributed by atoms with Crippen LogP contribution in [-0.4, -0.2) is 31.3 Å². The maximum atomic E-state index is 13.8. The Kier molecular flexibility index (Phi) is 6.13. The second-order valence-corrected chi connectivity index (χ2v) is 11.0. The van der Waals surface area contributed by atoms with E-state index in [0.29, 0.717) is 27.1 Å². The van der Waals surface area contributed by atoms with Gasteiger partial charge in [0.05, 0.1) is 22.3 Å². The van der Waals surface area contributed by atoms with Gasteiger partial charge in [-0.15, -0.1) is 21.6 Å². The molecule has 37 heavy (non-hydrogen) atoms. The molecule has 0 bridgehead atoms. The number of H-pyrrole nitrogens is 1. The molecule has 1 amide bonds. The van der Waals surface area contributed by atoms with Crippen molar-refractivity contribution in [3.05, 3.63) is 74.9 Å². The monoisotopic (exact) mass is 529 g/mol. The average molecular weight is 530 g/mol. The van der Waals surface area contributed by atoms with Gasteiger partial charge in [0, 0.05) is 10.3 Å². The molecule has 0 fully saturated rings. The predicted molar refractivity (Wildman–Crippen MR) is 147 cm³/mol. The van der Waals surface area contributed by atoms with E-state index in [1.54, 1.807) is 28.0 Å². The van der Waals surface area contributed by atoms with Gasteiger partial charge in [-0.1, -0.05) is 47.7 Å². The summed E-state index contributed by atoms with van der Waals surface area (Å²) in [7, 11) is 0. The van der Waals surface area contributed by atoms with Gasteiger partial charge in [0.1, 0.15) is 4.83 Å². The van der Waals surface area contributed by atoms with E-state index >= 15 is 0 Å². The first-order valence-electron chi connectivity index (χ1n) is 12.0. The third-order valence-corrected chi connectivity index (χ3v) is 8.61. The number of amides is 1. The second-order valence-electron chi connectivity index (χ2n) is 9.01. The molecular formula is C27H23N5O3S2. The summed E-state index contributed by atoms with van der Waals surface area (Å²) < 4.78 is 1.60. The zero-order valence-corrected chi connectivity index (χ0v) is 21.7. The molecule has 1 aliphatic carbocycles. The first-order chi connectivity index (χ1) is 18.0. The fourth-order valence-corrected chi connectivity index (χ4v) is 6.77. The first kappa shape index (κ1) is 23.6. The summed E-state index contributed by atoms with van der Waals surface area (Å²) in [5.74, 6) is -0.695. The van der Waals surface area contributed by atoms with Gasteiger partial charge in [-0.05, 0) is 56.4 Å². The Labute approximate surface area is 220 Å². The highest BCUT2D eigenvalue weighted by molar-refractivity contribution is 7.99. The van der Waals surface area contributed by atoms with Crippen LogP contribution in [0.25, 0.3) is 26.8 Å². The number of fused-ring (bicyclic) bond motifs is 4. The van der Waals surface area contributed by atoms with Crippen LogP contribution in [0.1, 0.15) is 28.8 Å². The van der Waals surface area contributed by atoms with Gasteiger partial charge >= 0.3 is 0 Å². The lowest BCUT2D eigenvalue weighted by molar-refractivity contribution is -0.115. The van der Waals surface area contributed by atoms with Crippen LogP contribution in [0.3, 0.4) is 0 Å². The molecule has 0 saturated carbocycles. The summed E-state index contributed by atoms with van der Waals surface area (Å²) in [5.41, 5.74) is 3.74. The third kappa shape index (κ3) is 4.36. The van der Waals surface area contributed by atoms with Crippen molar-refractivity contribution in [1.29, 1.82) is 0 Å². The van der Waals surface area contributed by atoms with Gasteiger partial charge < -0.3 is 10.1 Å². The van der Waals surface area contributed by atoms with Crippen LogP contribution in [0.5, 0.6) is 5.88 Å². The highest BCUT2D eigenvalue weighted by atomic mass is 32.2. The second kappa shape index (κ2) is 9.60. The molecule has 0 spiro atoms. The van der Waals surface area contributed by atoms with Gasteiger partial charge in [-0.2, -0.15) is 0 Å². The molecule has 0 atom stereocenters. The van der Waals surface area contributed by atoms with E-state index in [-0.39, 0.29) is 22.9 Å². The van der Waals surface area contributed by atoms with Gasteiger partial charge in [0.15, 0.2) is 10.8 Å². The normalized spacial score (nSPS) is 13.5. The van der Waals surface area contributed by atoms with Crippen molar-refractivity contribution in [2.45, 2.75) is 37.8 Å². The number of thioether (sulfide) groups is 1. The van der Waals surface area contributed by atoms with Crippen molar-refractivity contribution in [2.24, 2.45) is 10.2 Å². The molecule has 186 valence electrons. The van der Waals surface area contributed by atoms with Crippen LogP contribution in [0, 0.1) is 6.92 Å². The molecule has 5 aromatic rings. The highest BCUT2D eigenvalue weighted by Crippen LogP contribution is 2.36. The maximum Gasteiger partial charge on any atom is 0.275 e. The Morgan fingerprint density at radius 2 is 1.95 bits per heavy atom. The van der Waals surface area contributed by atoms with E-state index in [2.05, 4.69) is 15.2 Å². The Morgan fingerprint density at radius 1 is 1.16 bits per heavy atom. The summed E-state index contributed by atoms with van der Waals surface area (Å²) >= 11 is 2.74. The fourth-order valence-electron chi connectivity index (χ4n) is 4.68. The number of rotatable bonds is 5. The number of para-hydroxylation sites is 1. The van der Waals surface area contributed by atoms with Crippen LogP contribution in [0.2, 0.25) is 0 Å². The summed E-state index contributed by atoms with van der Waals surface area (Å²) in [5, 5.41) is 19.8. The van der Waals surface area contributed by atoms with Crippen LogP contribution >= 0.6 is 23.1 Å². The third-order valence-electron chi connectivity index (χ3n) is 6.50. The lowest BCUT2D eigenvalue weighted by Gasteiger charge is -2.13. The largest absolute Gasteiger partial charge is 0.493 e. The first-order valence-corrected chi connectivity index (χ1v) is 13.8. The Hall–Kier alpha value is -3.76. The number of nitrogens with zero attached hydrogens (tertiary/aromatic N) is 4. The number of azo groups is 1. The van der Waals surface area contributed by atoms with E-state index in [4.69, 9.17) is 4.98 Å². The molecule has 6 rings (SSSR count). The maximum absolute atomic E-state index is 13.8. The number of carbonyl (C=O) groups excluding carboxylic acids is 1. The lowest BCUT2D eigenvalue weighted by Crippen LogP contribution is -2.22. The summed E-state index contributed by atoms with van der Waals surface area (Å²) in [4.78, 5) is 36.1. The number of aromatic amines is 1. The number of aromatic nitrogens is 3. The molecular weight excluding hydrogens is 506 g/mol. The fraction of sp³-hybridized carbons (Fsp3) is 0.222. The lowest BCUT2D eigenvalue weighted by atomic mass is 9.97. The van der Waals surface area contributed by atoms with Crippen molar-refractivity contribution in [3.63, 3.8) is 0 Å². The number of benzene rings is 2. The zero-order chi connectivity index (χ0) is 25.5. The molecule has 8 nitrogen and oxygen atoms in total. The Balaban J connectivity index is 1.34. The quantitative estimate of drug-likeness (QED) is 0.159. The van der Waals surface area contributed by atoms with Crippen LogP contribution in [0.15, 0.2) is 68.7 Å². The molecule has 2 aromatic carbocycles. The van der Waals surface area contributed by atoms with Crippen molar-refractivity contribution in [1.82, 2.24) is 14.5 Å². The minimum absolute atomic E-state index is 0.0541. The number of thiophene rings is 1. The topological polar surface area (TPSA) is 113 Å². The molecule has 2 N–H and O–H groups in total. The molecule has 10 heteroatoms. The molecule has 3 aromatic heterocycles. The minimum Gasteiger partial charge on any atom is -0.493 e. The van der Waals surface area contributed by atoms with E-state index in [0.717, 1.165) is 53.4 Å². The minimum atomic E-state index is -0.495. The van der Waals surface area contributed by atoms with Gasteiger partial charge in [0.25, 0.3) is 11.5 Å². The number of aromatic hydroxyl groups is 1. The Morgan fingerprint density at radius 3 is 2.78 bits per heavy atom. The van der Waals surface area contributed by atoms with Gasteiger partial charge in [-0.3, -0.25) is 14.2 Å². The summed E-state index contributed by atoms with van der Waals surface area (Å²) in [6.07, 6.45) is 4.07. The standard InChI is InChI=1S/C27H23N5O3S2/c1-15-10-12-16(13-11-15)32-26(35)22-18-7-3-5-9-20(18)37-25(22)29-27(32)36-14-21(33)30-31-23-17-6-2-4-8-19(17)28-24(23)34/h2,4,6,8,10-13,28,34H,3,5,7,9,14H2,1H3. The number of carbonyl (C=O) groups is 1. The van der Waals surface area contributed by atoms with E-state index < -0.39 is 5.91 Å². The molecule has 3 heterocycles. The molecule has 0 unspecified atom stereocenters. The van der Waals surface area contributed by atoms with Crippen molar-refractivity contribution < 1.29 is 9.90 Å². The number of hydrogen-bond donors (Lipinski definition) is 2. The van der Waals surface area contributed by atoms with E-state index in [1.807, 2.05) is 43.3 Å². The van der Waals surface area contributed by atoms with Crippen LogP contribution in [-0.2, 0) is 17.6 Å². The van der Waals surface area contributed by atoms with Crippen molar-refractivity contribution >= 4 is 55.8 Å². The van der Waals surface area contributed by atoms with Crippen LogP contribution in [0.4, 0.5) is 5.69 Å². The molecule has 1 aliphatic rings. The average Bonchev–Trinajstić information content (AvgIpc) is 3.43. The predicted octanol–water partition coefficient (Wildman–Crippen LogP) is 6.22. The zero-order valence-electron chi connectivity index (χ0n) is 20.0. The molecule has 0 aliphatic heterocycles. The number of nitrogens with one attached hydrogen (secondary N) is 1. The van der Waals surface area contributed by atoms with Crippen molar-refractivity contribution in [3.8, 4) is 11.6 Å². The SMILES string of the molecule is Cc1ccc(-n2c(SCC(=O)N=Nc3c(O)[nH]c4ccccc34)nc3sc4c(c3c2=O)CCCC4)cc1. The van der Waals surface area contributed by atoms with Gasteiger partial charge in [-0.25, -0.2) is 4.98 Å². The van der Waals surface area contributed by atoms with Gasteiger partial charge in [0.2, 0.25) is 5.88 Å². The highest BCUT2D eigenvalue weighted by Gasteiger charge is 2.23. The number of aryl methyl sites for hydroxylation is 3. The summed E-state index contributed by atoms with van der Waals surface area (Å²) in [6.45, 7) is 1.99. The van der Waals surface area contributed by atoms with E-state index in [9.17, 15) is 14.7 Å². The molecule has 0 radical (unpaired) electrons. The van der Waals surface area contributed by atoms with Crippen LogP contribution < -0.4 is 5.56 Å².